The second kappa shape index (κ2) is 8.78. The van der Waals surface area contributed by atoms with Gasteiger partial charge in [0, 0.05) is 41.2 Å². The van der Waals surface area contributed by atoms with Gasteiger partial charge in [-0.25, -0.2) is 0 Å². The average molecular weight is 382 g/mol. The average Bonchev–Trinajstić information content (AvgIpc) is 2.60. The van der Waals surface area contributed by atoms with Gasteiger partial charge in [0.15, 0.2) is 0 Å². The summed E-state index contributed by atoms with van der Waals surface area (Å²) in [6, 6.07) is 13.2. The first kappa shape index (κ1) is 20.6. The Bertz CT molecular complexity index is 891. The molecule has 4 nitrogen and oxygen atoms in total. The van der Waals surface area contributed by atoms with Crippen LogP contribution in [0.5, 0.6) is 0 Å². The van der Waals surface area contributed by atoms with Gasteiger partial charge in [-0.05, 0) is 74.5 Å². The molecule has 0 saturated carbocycles. The Morgan fingerprint density at radius 3 is 2.26 bits per heavy atom. The van der Waals surface area contributed by atoms with Crippen molar-refractivity contribution in [3.63, 3.8) is 0 Å². The number of benzene rings is 2. The highest BCUT2D eigenvalue weighted by molar-refractivity contribution is 6.30. The van der Waals surface area contributed by atoms with E-state index in [2.05, 4.69) is 22.0 Å². The quantitative estimate of drug-likeness (QED) is 0.704. The van der Waals surface area contributed by atoms with Crippen molar-refractivity contribution in [2.24, 2.45) is 9.98 Å². The van der Waals surface area contributed by atoms with Crippen LogP contribution < -0.4 is 5.32 Å². The molecule has 2 aromatic rings. The van der Waals surface area contributed by atoms with Crippen molar-refractivity contribution in [3.05, 3.63) is 64.8 Å². The van der Waals surface area contributed by atoms with Gasteiger partial charge in [-0.2, -0.15) is 0 Å². The summed E-state index contributed by atoms with van der Waals surface area (Å²) in [4.78, 5) is 20.7. The van der Waals surface area contributed by atoms with Crippen LogP contribution >= 0.6 is 11.6 Å². The number of hydrogen-bond acceptors (Lipinski definition) is 3. The molecule has 1 amide bonds. The third kappa shape index (κ3) is 5.90. The number of nitrogens with zero attached hydrogens (tertiary/aromatic N) is 2. The number of halogens is 1. The number of nitrogens with one attached hydrogen (secondary N) is 1. The summed E-state index contributed by atoms with van der Waals surface area (Å²) >= 11 is 6.01. The van der Waals surface area contributed by atoms with Gasteiger partial charge in [0.05, 0.1) is 0 Å². The molecule has 0 aliphatic heterocycles. The smallest absolute Gasteiger partial charge is 0.251 e. The summed E-state index contributed by atoms with van der Waals surface area (Å²) in [5, 5.41) is 3.67. The van der Waals surface area contributed by atoms with Crippen molar-refractivity contribution in [2.75, 3.05) is 7.05 Å². The minimum absolute atomic E-state index is 0.140. The molecule has 0 heterocycles. The molecular formula is C22H24ClN3O. The standard InChI is InChI=1S/C22H24ClN3O/c1-22(2,3)26-21(27)18-11-16(15-6-8-20(23)9-7-15)10-17(12-18)19(13-24-4)14-25-5/h6-14H,4H2,1-3,5H3,(H,26,27)/b19-13+,25-14-. The van der Waals surface area contributed by atoms with Gasteiger partial charge in [-0.1, -0.05) is 23.7 Å². The van der Waals surface area contributed by atoms with Crippen LogP contribution in [0.1, 0.15) is 36.7 Å². The molecular weight excluding hydrogens is 358 g/mol. The highest BCUT2D eigenvalue weighted by Gasteiger charge is 2.17. The van der Waals surface area contributed by atoms with E-state index in [1.165, 1.54) is 0 Å². The number of amides is 1. The van der Waals surface area contributed by atoms with E-state index >= 15 is 0 Å². The molecule has 0 bridgehead atoms. The van der Waals surface area contributed by atoms with Crippen LogP contribution in [0.3, 0.4) is 0 Å². The minimum atomic E-state index is -0.334. The van der Waals surface area contributed by atoms with Crippen molar-refractivity contribution in [1.82, 2.24) is 5.32 Å². The summed E-state index contributed by atoms with van der Waals surface area (Å²) in [6.07, 6.45) is 3.32. The zero-order valence-electron chi connectivity index (χ0n) is 16.1. The predicted molar refractivity (Wildman–Crippen MR) is 116 cm³/mol. The summed E-state index contributed by atoms with van der Waals surface area (Å²) in [7, 11) is 1.69. The molecule has 140 valence electrons. The van der Waals surface area contributed by atoms with Crippen molar-refractivity contribution < 1.29 is 4.79 Å². The topological polar surface area (TPSA) is 53.8 Å². The van der Waals surface area contributed by atoms with Gasteiger partial charge >= 0.3 is 0 Å². The molecule has 0 radical (unpaired) electrons. The van der Waals surface area contributed by atoms with Gasteiger partial charge < -0.3 is 5.32 Å². The van der Waals surface area contributed by atoms with Crippen LogP contribution in [0.4, 0.5) is 0 Å². The number of aliphatic imine (C=N–C) groups is 2. The van der Waals surface area contributed by atoms with Crippen LogP contribution in [0, 0.1) is 0 Å². The van der Waals surface area contributed by atoms with Crippen molar-refractivity contribution in [1.29, 1.82) is 0 Å². The fourth-order valence-electron chi connectivity index (χ4n) is 2.57. The Hall–Kier alpha value is -2.72. The van der Waals surface area contributed by atoms with E-state index in [-0.39, 0.29) is 11.4 Å². The maximum Gasteiger partial charge on any atom is 0.251 e. The van der Waals surface area contributed by atoms with Crippen LogP contribution in [-0.2, 0) is 0 Å². The van der Waals surface area contributed by atoms with Crippen LogP contribution in [0.25, 0.3) is 16.7 Å². The predicted octanol–water partition coefficient (Wildman–Crippen LogP) is 5.28. The van der Waals surface area contributed by atoms with Crippen LogP contribution in [-0.4, -0.2) is 31.4 Å². The molecule has 0 aliphatic rings. The van der Waals surface area contributed by atoms with Crippen molar-refractivity contribution in [3.8, 4) is 11.1 Å². The number of allylic oxidation sites excluding steroid dienone is 1. The second-order valence-corrected chi connectivity index (χ2v) is 7.60. The largest absolute Gasteiger partial charge is 0.347 e. The van der Waals surface area contributed by atoms with Crippen molar-refractivity contribution >= 4 is 36.0 Å². The Morgan fingerprint density at radius 2 is 1.70 bits per heavy atom. The number of carbonyl (C=O) groups excluding carboxylic acids is 1. The van der Waals surface area contributed by atoms with E-state index in [0.717, 1.165) is 22.3 Å². The Labute approximate surface area is 165 Å². The maximum atomic E-state index is 12.8. The van der Waals surface area contributed by atoms with E-state index in [4.69, 9.17) is 11.6 Å². The third-order valence-electron chi connectivity index (χ3n) is 3.69. The molecule has 1 N–H and O–H groups in total. The molecule has 2 aromatic carbocycles. The van der Waals surface area contributed by atoms with Crippen LogP contribution in [0.15, 0.2) is 58.6 Å². The van der Waals surface area contributed by atoms with E-state index in [1.54, 1.807) is 19.5 Å². The normalized spacial score (nSPS) is 12.3. The highest BCUT2D eigenvalue weighted by Crippen LogP contribution is 2.27. The van der Waals surface area contributed by atoms with Crippen LogP contribution in [0.2, 0.25) is 5.02 Å². The molecule has 0 aromatic heterocycles. The number of hydrogen-bond donors (Lipinski definition) is 1. The lowest BCUT2D eigenvalue weighted by atomic mass is 9.96. The molecule has 0 unspecified atom stereocenters. The summed E-state index contributed by atoms with van der Waals surface area (Å²) < 4.78 is 0. The van der Waals surface area contributed by atoms with E-state index < -0.39 is 0 Å². The third-order valence-corrected chi connectivity index (χ3v) is 3.95. The molecule has 0 spiro atoms. The van der Waals surface area contributed by atoms with Gasteiger partial charge in [-0.15, -0.1) is 0 Å². The zero-order valence-corrected chi connectivity index (χ0v) is 16.8. The highest BCUT2D eigenvalue weighted by atomic mass is 35.5. The maximum absolute atomic E-state index is 12.8. The van der Waals surface area contributed by atoms with Gasteiger partial charge in [0.1, 0.15) is 0 Å². The first-order chi connectivity index (χ1) is 12.7. The lowest BCUT2D eigenvalue weighted by Crippen LogP contribution is -2.40. The monoisotopic (exact) mass is 381 g/mol. The number of carbonyl (C=O) groups is 1. The Balaban J connectivity index is 2.62. The second-order valence-electron chi connectivity index (χ2n) is 7.16. The van der Waals surface area contributed by atoms with E-state index in [9.17, 15) is 4.79 Å². The number of rotatable bonds is 5. The fourth-order valence-corrected chi connectivity index (χ4v) is 2.69. The Kier molecular flexibility index (Phi) is 6.70. The lowest BCUT2D eigenvalue weighted by Gasteiger charge is -2.21. The summed E-state index contributed by atoms with van der Waals surface area (Å²) in [6.45, 7) is 9.37. The molecule has 2 rings (SSSR count). The van der Waals surface area contributed by atoms with Gasteiger partial charge in [-0.3, -0.25) is 14.8 Å². The summed E-state index contributed by atoms with van der Waals surface area (Å²) in [5.74, 6) is -0.140. The lowest BCUT2D eigenvalue weighted by molar-refractivity contribution is 0.0919. The zero-order chi connectivity index (χ0) is 20.0. The fraction of sp³-hybridized carbons (Fsp3) is 0.227. The minimum Gasteiger partial charge on any atom is -0.347 e. The Morgan fingerprint density at radius 1 is 1.07 bits per heavy atom. The molecule has 0 fully saturated rings. The van der Waals surface area contributed by atoms with Crippen molar-refractivity contribution in [2.45, 2.75) is 26.3 Å². The summed E-state index contributed by atoms with van der Waals surface area (Å²) in [5.41, 5.74) is 3.70. The molecule has 0 saturated heterocycles. The van der Waals surface area contributed by atoms with Gasteiger partial charge in [0.25, 0.3) is 5.91 Å². The molecule has 27 heavy (non-hydrogen) atoms. The molecule has 0 atom stereocenters. The van der Waals surface area contributed by atoms with E-state index in [1.807, 2.05) is 63.2 Å². The van der Waals surface area contributed by atoms with Gasteiger partial charge in [0.2, 0.25) is 0 Å². The molecule has 5 heteroatoms. The SMILES string of the molecule is C=N/C=C(\C=N/C)c1cc(C(=O)NC(C)(C)C)cc(-c2ccc(Cl)cc2)c1. The first-order valence-electron chi connectivity index (χ1n) is 8.55. The molecule has 0 aliphatic carbocycles. The van der Waals surface area contributed by atoms with E-state index in [0.29, 0.717) is 10.6 Å². The first-order valence-corrected chi connectivity index (χ1v) is 8.93.